The largest absolute Gasteiger partial charge is 0.466 e. The standard InChI is InChI=1S/C15H17NO3/c1-11(15(18)19-2)7-9-16-10-8-14(17)12-5-3-4-6-13(12)16/h3-7H,8-10H2,1-2H3. The predicted molar refractivity (Wildman–Crippen MR) is 73.4 cm³/mol. The Morgan fingerprint density at radius 2 is 2.16 bits per heavy atom. The van der Waals surface area contributed by atoms with Crippen LogP contribution in [0.2, 0.25) is 0 Å². The Kier molecular flexibility index (Phi) is 4.00. The van der Waals surface area contributed by atoms with E-state index in [0.29, 0.717) is 25.1 Å². The molecule has 0 N–H and O–H groups in total. The fraction of sp³-hybridized carbons (Fsp3) is 0.333. The lowest BCUT2D eigenvalue weighted by Gasteiger charge is -2.29. The van der Waals surface area contributed by atoms with E-state index in [1.54, 1.807) is 6.92 Å². The van der Waals surface area contributed by atoms with Crippen LogP contribution in [0.25, 0.3) is 0 Å². The fourth-order valence-corrected chi connectivity index (χ4v) is 2.16. The molecule has 0 unspecified atom stereocenters. The number of carbonyl (C=O) groups is 2. The number of ether oxygens (including phenoxy) is 1. The van der Waals surface area contributed by atoms with Crippen molar-refractivity contribution in [2.75, 3.05) is 25.1 Å². The fourth-order valence-electron chi connectivity index (χ4n) is 2.16. The summed E-state index contributed by atoms with van der Waals surface area (Å²) in [6.45, 7) is 3.01. The van der Waals surface area contributed by atoms with Gasteiger partial charge in [-0.2, -0.15) is 0 Å². The lowest BCUT2D eigenvalue weighted by atomic mass is 10.0. The molecule has 1 aliphatic rings. The summed E-state index contributed by atoms with van der Waals surface area (Å²) in [5, 5.41) is 0. The van der Waals surface area contributed by atoms with Crippen LogP contribution in [-0.2, 0) is 9.53 Å². The molecule has 0 radical (unpaired) electrons. The van der Waals surface area contributed by atoms with Gasteiger partial charge in [-0.3, -0.25) is 4.79 Å². The summed E-state index contributed by atoms with van der Waals surface area (Å²) in [5.74, 6) is -0.137. The van der Waals surface area contributed by atoms with Crippen LogP contribution in [0.4, 0.5) is 5.69 Å². The monoisotopic (exact) mass is 259 g/mol. The van der Waals surface area contributed by atoms with E-state index in [-0.39, 0.29) is 11.8 Å². The molecule has 0 bridgehead atoms. The molecule has 0 atom stereocenters. The Bertz CT molecular complexity index is 534. The summed E-state index contributed by atoms with van der Waals surface area (Å²) < 4.78 is 4.66. The van der Waals surface area contributed by atoms with Gasteiger partial charge in [0.05, 0.1) is 7.11 Å². The number of ketones is 1. The molecule has 4 nitrogen and oxygen atoms in total. The molecule has 0 spiro atoms. The topological polar surface area (TPSA) is 46.6 Å². The van der Waals surface area contributed by atoms with Crippen LogP contribution in [0.1, 0.15) is 23.7 Å². The SMILES string of the molecule is COC(=O)C(C)=CCN1CCC(=O)c2ccccc21. The smallest absolute Gasteiger partial charge is 0.333 e. The number of para-hydroxylation sites is 1. The van der Waals surface area contributed by atoms with Crippen molar-refractivity contribution in [1.82, 2.24) is 0 Å². The van der Waals surface area contributed by atoms with E-state index in [1.807, 2.05) is 30.3 Å². The first-order valence-corrected chi connectivity index (χ1v) is 6.25. The minimum Gasteiger partial charge on any atom is -0.466 e. The van der Waals surface area contributed by atoms with Gasteiger partial charge in [0.2, 0.25) is 0 Å². The molecule has 1 heterocycles. The van der Waals surface area contributed by atoms with E-state index < -0.39 is 0 Å². The molecule has 4 heteroatoms. The first-order valence-electron chi connectivity index (χ1n) is 6.25. The third kappa shape index (κ3) is 2.84. The van der Waals surface area contributed by atoms with Crippen LogP contribution in [0, 0.1) is 0 Å². The molecule has 2 rings (SSSR count). The van der Waals surface area contributed by atoms with Crippen molar-refractivity contribution in [3.63, 3.8) is 0 Å². The zero-order valence-corrected chi connectivity index (χ0v) is 11.2. The van der Waals surface area contributed by atoms with Crippen LogP contribution in [-0.4, -0.2) is 32.0 Å². The van der Waals surface area contributed by atoms with Crippen molar-refractivity contribution in [1.29, 1.82) is 0 Å². The number of hydrogen-bond donors (Lipinski definition) is 0. The highest BCUT2D eigenvalue weighted by Crippen LogP contribution is 2.26. The van der Waals surface area contributed by atoms with E-state index >= 15 is 0 Å². The molecule has 0 fully saturated rings. The number of nitrogens with zero attached hydrogens (tertiary/aromatic N) is 1. The van der Waals surface area contributed by atoms with Crippen molar-refractivity contribution < 1.29 is 14.3 Å². The first-order chi connectivity index (χ1) is 9.13. The van der Waals surface area contributed by atoms with Gasteiger partial charge in [0.25, 0.3) is 0 Å². The summed E-state index contributed by atoms with van der Waals surface area (Å²) in [7, 11) is 1.37. The van der Waals surface area contributed by atoms with Crippen molar-refractivity contribution in [3.8, 4) is 0 Å². The molecule has 19 heavy (non-hydrogen) atoms. The molecule has 100 valence electrons. The number of carbonyl (C=O) groups excluding carboxylic acids is 2. The van der Waals surface area contributed by atoms with Gasteiger partial charge in [-0.1, -0.05) is 18.2 Å². The van der Waals surface area contributed by atoms with E-state index in [4.69, 9.17) is 0 Å². The van der Waals surface area contributed by atoms with E-state index in [0.717, 1.165) is 11.3 Å². The maximum atomic E-state index is 11.8. The minimum atomic E-state index is -0.318. The second-order valence-corrected chi connectivity index (χ2v) is 4.52. The average molecular weight is 259 g/mol. The van der Waals surface area contributed by atoms with Gasteiger partial charge in [0, 0.05) is 36.3 Å². The minimum absolute atomic E-state index is 0.181. The number of methoxy groups -OCH3 is 1. The quantitative estimate of drug-likeness (QED) is 0.616. The van der Waals surface area contributed by atoms with Crippen molar-refractivity contribution >= 4 is 17.4 Å². The van der Waals surface area contributed by atoms with Crippen LogP contribution in [0.15, 0.2) is 35.9 Å². The number of fused-ring (bicyclic) bond motifs is 1. The number of esters is 1. The third-order valence-corrected chi connectivity index (χ3v) is 3.28. The summed E-state index contributed by atoms with van der Waals surface area (Å²) >= 11 is 0. The number of rotatable bonds is 3. The molecule has 1 aromatic rings. The van der Waals surface area contributed by atoms with Crippen LogP contribution in [0.5, 0.6) is 0 Å². The number of benzene rings is 1. The summed E-state index contributed by atoms with van der Waals surface area (Å²) in [6, 6.07) is 7.57. The van der Waals surface area contributed by atoms with Gasteiger partial charge in [-0.05, 0) is 19.1 Å². The lowest BCUT2D eigenvalue weighted by Crippen LogP contribution is -2.32. The second-order valence-electron chi connectivity index (χ2n) is 4.52. The molecule has 0 aromatic heterocycles. The maximum absolute atomic E-state index is 11.8. The Morgan fingerprint density at radius 3 is 2.89 bits per heavy atom. The molecule has 0 aliphatic carbocycles. The molecule has 1 aliphatic heterocycles. The lowest BCUT2D eigenvalue weighted by molar-refractivity contribution is -0.136. The van der Waals surface area contributed by atoms with E-state index in [9.17, 15) is 9.59 Å². The van der Waals surface area contributed by atoms with Gasteiger partial charge in [-0.25, -0.2) is 4.79 Å². The van der Waals surface area contributed by atoms with Gasteiger partial charge in [0.15, 0.2) is 5.78 Å². The zero-order chi connectivity index (χ0) is 13.8. The average Bonchev–Trinajstić information content (AvgIpc) is 2.45. The summed E-state index contributed by atoms with van der Waals surface area (Å²) in [5.41, 5.74) is 2.28. The number of anilines is 1. The van der Waals surface area contributed by atoms with Crippen molar-refractivity contribution in [3.05, 3.63) is 41.5 Å². The Labute approximate surface area is 112 Å². The Hall–Kier alpha value is -2.10. The van der Waals surface area contributed by atoms with Gasteiger partial charge in [0.1, 0.15) is 0 Å². The van der Waals surface area contributed by atoms with E-state index in [2.05, 4.69) is 9.64 Å². The number of hydrogen-bond acceptors (Lipinski definition) is 4. The van der Waals surface area contributed by atoms with Crippen molar-refractivity contribution in [2.45, 2.75) is 13.3 Å². The molecular formula is C15H17NO3. The van der Waals surface area contributed by atoms with Gasteiger partial charge in [-0.15, -0.1) is 0 Å². The predicted octanol–water partition coefficient (Wildman–Crippen LogP) is 2.20. The molecule has 1 aromatic carbocycles. The van der Waals surface area contributed by atoms with E-state index in [1.165, 1.54) is 7.11 Å². The maximum Gasteiger partial charge on any atom is 0.333 e. The molecule has 0 amide bonds. The van der Waals surface area contributed by atoms with Crippen LogP contribution in [0.3, 0.4) is 0 Å². The number of Topliss-reactive ketones (excluding diaryl/α,β-unsaturated/α-hetero) is 1. The molecular weight excluding hydrogens is 242 g/mol. The van der Waals surface area contributed by atoms with Gasteiger partial charge < -0.3 is 9.64 Å². The highest BCUT2D eigenvalue weighted by Gasteiger charge is 2.21. The zero-order valence-electron chi connectivity index (χ0n) is 11.2. The van der Waals surface area contributed by atoms with Crippen molar-refractivity contribution in [2.24, 2.45) is 0 Å². The Morgan fingerprint density at radius 1 is 1.42 bits per heavy atom. The van der Waals surface area contributed by atoms with Crippen LogP contribution >= 0.6 is 0 Å². The third-order valence-electron chi connectivity index (χ3n) is 3.28. The summed E-state index contributed by atoms with van der Waals surface area (Å²) in [6.07, 6.45) is 2.35. The van der Waals surface area contributed by atoms with Gasteiger partial charge >= 0.3 is 5.97 Å². The molecule has 0 saturated carbocycles. The Balaban J connectivity index is 2.17. The highest BCUT2D eigenvalue weighted by atomic mass is 16.5. The summed E-state index contributed by atoms with van der Waals surface area (Å²) in [4.78, 5) is 25.2. The highest BCUT2D eigenvalue weighted by molar-refractivity contribution is 6.03. The molecule has 0 saturated heterocycles. The van der Waals surface area contributed by atoms with Crippen LogP contribution < -0.4 is 4.90 Å². The first kappa shape index (κ1) is 13.3. The normalized spacial score (nSPS) is 15.2. The second kappa shape index (κ2) is 5.69.